The van der Waals surface area contributed by atoms with Crippen LogP contribution in [0, 0.1) is 11.8 Å². The lowest BCUT2D eigenvalue weighted by Gasteiger charge is -2.34. The Kier molecular flexibility index (Phi) is 7.96. The highest BCUT2D eigenvalue weighted by atomic mass is 32.2. The molecule has 2 fully saturated rings. The summed E-state index contributed by atoms with van der Waals surface area (Å²) >= 11 is 1.12. The van der Waals surface area contributed by atoms with E-state index in [0.29, 0.717) is 53.0 Å². The summed E-state index contributed by atoms with van der Waals surface area (Å²) < 4.78 is 10.6. The van der Waals surface area contributed by atoms with Crippen molar-refractivity contribution in [2.75, 3.05) is 29.9 Å². The minimum atomic E-state index is -0.251. The van der Waals surface area contributed by atoms with Gasteiger partial charge in [0.25, 0.3) is 5.91 Å². The summed E-state index contributed by atoms with van der Waals surface area (Å²) in [4.78, 5) is 25.3. The molecule has 3 aromatic rings. The molecule has 1 saturated carbocycles. The molecular formula is C30H39N7O3S. The molecule has 1 saturated heterocycles. The minimum Gasteiger partial charge on any atom is -0.504 e. The molecule has 3 aromatic heterocycles. The number of aromatic nitrogens is 4. The number of hydrogen-bond acceptors (Lipinski definition) is 9. The third-order valence-corrected chi connectivity index (χ3v) is 9.27. The van der Waals surface area contributed by atoms with Crippen molar-refractivity contribution in [3.05, 3.63) is 42.1 Å². The standard InChI is InChI=1S/C30H39N7O3S/c1-30(2)18-21-8-5-15-31-27-23(38)10-12-26(33-27)41-35-29(39)22-9-11-24(32-28(22)36(30)19-21)37-16-13-25(34-37)40-17-14-20-6-3-4-7-20/h9-13,16,20-21,38H,3-8,14-15,17-19H2,1-2H3,(H,31,33)(H,35,39)/t21-/m0/s1. The van der Waals surface area contributed by atoms with Gasteiger partial charge in [0.05, 0.1) is 12.2 Å². The quantitative estimate of drug-likeness (QED) is 0.334. The molecule has 0 unspecified atom stereocenters. The van der Waals surface area contributed by atoms with E-state index in [2.05, 4.69) is 38.9 Å². The van der Waals surface area contributed by atoms with Gasteiger partial charge in [0.2, 0.25) is 5.88 Å². The second-order valence-corrected chi connectivity index (χ2v) is 12.9. The van der Waals surface area contributed by atoms with E-state index in [-0.39, 0.29) is 17.2 Å². The minimum absolute atomic E-state index is 0.0984. The summed E-state index contributed by atoms with van der Waals surface area (Å²) in [6.45, 7) is 6.63. The third kappa shape index (κ3) is 6.24. The Morgan fingerprint density at radius 3 is 2.80 bits per heavy atom. The van der Waals surface area contributed by atoms with Crippen LogP contribution in [0.3, 0.4) is 0 Å². The molecule has 10 nitrogen and oxygen atoms in total. The third-order valence-electron chi connectivity index (χ3n) is 8.55. The van der Waals surface area contributed by atoms with Gasteiger partial charge in [-0.2, -0.15) is 0 Å². The van der Waals surface area contributed by atoms with Crippen molar-refractivity contribution in [3.63, 3.8) is 0 Å². The van der Waals surface area contributed by atoms with Crippen LogP contribution in [-0.4, -0.2) is 56.0 Å². The summed E-state index contributed by atoms with van der Waals surface area (Å²) in [6.07, 6.45) is 11.2. The van der Waals surface area contributed by atoms with Gasteiger partial charge in [0.1, 0.15) is 10.8 Å². The van der Waals surface area contributed by atoms with Gasteiger partial charge in [-0.3, -0.25) is 9.52 Å². The number of carbonyl (C=O) groups is 1. The molecule has 0 radical (unpaired) electrons. The first-order chi connectivity index (χ1) is 19.9. The highest BCUT2D eigenvalue weighted by Crippen LogP contribution is 2.40. The SMILES string of the molecule is CC1(C)C[C@@H]2CCCNc3nc(ccc3O)SNC(=O)c3ccc(-n4ccc(OCCC5CCCC5)n4)nc3N1C2. The number of rotatable bonds is 5. The molecule has 1 aliphatic carbocycles. The van der Waals surface area contributed by atoms with Crippen LogP contribution in [0.2, 0.25) is 0 Å². The molecule has 41 heavy (non-hydrogen) atoms. The van der Waals surface area contributed by atoms with Gasteiger partial charge < -0.3 is 20.1 Å². The molecule has 3 N–H and O–H groups in total. The van der Waals surface area contributed by atoms with Gasteiger partial charge >= 0.3 is 0 Å². The Balaban J connectivity index is 1.27. The molecule has 1 amide bonds. The van der Waals surface area contributed by atoms with E-state index in [1.165, 1.54) is 25.7 Å². The molecule has 0 spiro atoms. The van der Waals surface area contributed by atoms with E-state index in [1.54, 1.807) is 16.8 Å². The number of hydrogen-bond donors (Lipinski definition) is 3. The lowest BCUT2D eigenvalue weighted by molar-refractivity contribution is 0.0984. The van der Waals surface area contributed by atoms with Crippen molar-refractivity contribution in [2.45, 2.75) is 75.8 Å². The van der Waals surface area contributed by atoms with Gasteiger partial charge in [-0.25, -0.2) is 14.6 Å². The average molecular weight is 578 g/mol. The first-order valence-corrected chi connectivity index (χ1v) is 15.6. The maximum Gasteiger partial charge on any atom is 0.265 e. The predicted molar refractivity (Wildman–Crippen MR) is 160 cm³/mol. The number of nitrogens with zero attached hydrogens (tertiary/aromatic N) is 5. The van der Waals surface area contributed by atoms with Crippen molar-refractivity contribution in [1.29, 1.82) is 0 Å². The Bertz CT molecular complexity index is 1390. The highest BCUT2D eigenvalue weighted by molar-refractivity contribution is 7.97. The Hall–Kier alpha value is -3.47. The maximum absolute atomic E-state index is 13.5. The van der Waals surface area contributed by atoms with E-state index in [4.69, 9.17) is 9.72 Å². The number of pyridine rings is 2. The molecule has 2 aliphatic heterocycles. The second kappa shape index (κ2) is 11.8. The van der Waals surface area contributed by atoms with E-state index in [1.807, 2.05) is 24.4 Å². The Morgan fingerprint density at radius 1 is 1.10 bits per heavy atom. The first kappa shape index (κ1) is 27.7. The number of anilines is 2. The molecule has 0 aromatic carbocycles. The van der Waals surface area contributed by atoms with E-state index in [0.717, 1.165) is 50.1 Å². The van der Waals surface area contributed by atoms with Gasteiger partial charge in [-0.1, -0.05) is 25.7 Å². The normalized spacial score (nSPS) is 21.0. The number of aromatic hydroxyl groups is 1. The van der Waals surface area contributed by atoms with E-state index >= 15 is 0 Å². The number of amides is 1. The summed E-state index contributed by atoms with van der Waals surface area (Å²) in [6, 6.07) is 8.81. The van der Waals surface area contributed by atoms with E-state index in [9.17, 15) is 9.90 Å². The molecule has 3 aliphatic rings. The maximum atomic E-state index is 13.5. The van der Waals surface area contributed by atoms with Gasteiger partial charge in [0.15, 0.2) is 17.4 Å². The van der Waals surface area contributed by atoms with Crippen LogP contribution in [0.4, 0.5) is 11.6 Å². The monoisotopic (exact) mass is 577 g/mol. The smallest absolute Gasteiger partial charge is 0.265 e. The molecule has 4 bridgehead atoms. The molecule has 5 heterocycles. The second-order valence-electron chi connectivity index (χ2n) is 12.0. The lowest BCUT2D eigenvalue weighted by atomic mass is 9.93. The zero-order chi connectivity index (χ0) is 28.4. The van der Waals surface area contributed by atoms with Crippen LogP contribution < -0.4 is 19.7 Å². The first-order valence-electron chi connectivity index (χ1n) is 14.7. The van der Waals surface area contributed by atoms with Crippen molar-refractivity contribution in [3.8, 4) is 17.4 Å². The zero-order valence-corrected chi connectivity index (χ0v) is 24.6. The lowest BCUT2D eigenvalue weighted by Crippen LogP contribution is -2.40. The average Bonchev–Trinajstić information content (AvgIpc) is 3.71. The van der Waals surface area contributed by atoms with Gasteiger partial charge in [-0.05, 0) is 75.6 Å². The van der Waals surface area contributed by atoms with Crippen molar-refractivity contribution < 1.29 is 14.6 Å². The van der Waals surface area contributed by atoms with Crippen LogP contribution in [0.25, 0.3) is 5.82 Å². The fraction of sp³-hybridized carbons (Fsp3) is 0.533. The fourth-order valence-electron chi connectivity index (χ4n) is 6.41. The number of ether oxygens (including phenoxy) is 1. The molecule has 218 valence electrons. The largest absolute Gasteiger partial charge is 0.504 e. The van der Waals surface area contributed by atoms with Crippen LogP contribution in [0.5, 0.6) is 11.6 Å². The molecule has 11 heteroatoms. The number of carbonyl (C=O) groups excluding carboxylic acids is 1. The van der Waals surface area contributed by atoms with Gasteiger partial charge in [-0.15, -0.1) is 5.10 Å². The number of fused-ring (bicyclic) bond motifs is 6. The van der Waals surface area contributed by atoms with Crippen molar-refractivity contribution in [1.82, 2.24) is 24.5 Å². The summed E-state index contributed by atoms with van der Waals surface area (Å²) in [5.41, 5.74) is 0.327. The van der Waals surface area contributed by atoms with Crippen molar-refractivity contribution >= 4 is 29.5 Å². The summed E-state index contributed by atoms with van der Waals surface area (Å²) in [5.74, 6) is 3.38. The molecule has 6 rings (SSSR count). The van der Waals surface area contributed by atoms with Crippen LogP contribution >= 0.6 is 11.9 Å². The Labute approximate surface area is 245 Å². The Morgan fingerprint density at radius 2 is 1.95 bits per heavy atom. The zero-order valence-electron chi connectivity index (χ0n) is 23.8. The fourth-order valence-corrected chi connectivity index (χ4v) is 7.00. The van der Waals surface area contributed by atoms with Gasteiger partial charge in [0, 0.05) is 42.8 Å². The summed E-state index contributed by atoms with van der Waals surface area (Å²) in [7, 11) is 0. The molecular weight excluding hydrogens is 538 g/mol. The van der Waals surface area contributed by atoms with Crippen LogP contribution in [0.15, 0.2) is 41.6 Å². The van der Waals surface area contributed by atoms with Crippen LogP contribution in [0.1, 0.15) is 75.6 Å². The van der Waals surface area contributed by atoms with E-state index < -0.39 is 0 Å². The number of nitrogens with one attached hydrogen (secondary N) is 2. The predicted octanol–water partition coefficient (Wildman–Crippen LogP) is 5.57. The van der Waals surface area contributed by atoms with Crippen LogP contribution in [-0.2, 0) is 0 Å². The molecule has 1 atom stereocenters. The topological polar surface area (TPSA) is 117 Å². The highest BCUT2D eigenvalue weighted by Gasteiger charge is 2.40. The summed E-state index contributed by atoms with van der Waals surface area (Å²) in [5, 5.41) is 18.7. The van der Waals surface area contributed by atoms with Crippen molar-refractivity contribution in [2.24, 2.45) is 11.8 Å².